The minimum atomic E-state index is -4.59. The van der Waals surface area contributed by atoms with Gasteiger partial charge in [0.05, 0.1) is 17.7 Å². The predicted octanol–water partition coefficient (Wildman–Crippen LogP) is 1.28. The van der Waals surface area contributed by atoms with Crippen molar-refractivity contribution in [1.29, 1.82) is 0 Å². The third-order valence-corrected chi connectivity index (χ3v) is 2.79. The van der Waals surface area contributed by atoms with Crippen molar-refractivity contribution in [1.82, 2.24) is 10.2 Å². The molecule has 19 heavy (non-hydrogen) atoms. The Hall–Kier alpha value is -2.05. The Bertz CT molecular complexity index is 514. The lowest BCUT2D eigenvalue weighted by molar-refractivity contribution is -0.138. The van der Waals surface area contributed by atoms with Crippen molar-refractivity contribution in [2.75, 3.05) is 19.6 Å². The predicted molar refractivity (Wildman–Crippen MR) is 60.4 cm³/mol. The van der Waals surface area contributed by atoms with E-state index < -0.39 is 23.2 Å². The number of piperazine rings is 1. The zero-order chi connectivity index (χ0) is 14.0. The Kier molecular flexibility index (Phi) is 3.46. The standard InChI is InChI=1S/C12H11F3N2O2/c13-12(14,15)9-4-2-1-3-8(9)11(19)17-6-5-16-10(18)7-17/h1-4H,5-7H2,(H,16,18). The van der Waals surface area contributed by atoms with E-state index in [1.165, 1.54) is 12.1 Å². The first-order valence-electron chi connectivity index (χ1n) is 5.62. The van der Waals surface area contributed by atoms with Gasteiger partial charge >= 0.3 is 6.18 Å². The molecule has 1 aliphatic heterocycles. The average Bonchev–Trinajstić information content (AvgIpc) is 2.37. The molecule has 1 aliphatic rings. The molecule has 2 amide bonds. The number of amides is 2. The molecule has 2 rings (SSSR count). The molecule has 1 fully saturated rings. The number of benzene rings is 1. The number of hydrogen-bond donors (Lipinski definition) is 1. The Morgan fingerprint density at radius 1 is 1.26 bits per heavy atom. The quantitative estimate of drug-likeness (QED) is 0.837. The monoisotopic (exact) mass is 272 g/mol. The number of hydrogen-bond acceptors (Lipinski definition) is 2. The van der Waals surface area contributed by atoms with E-state index in [0.29, 0.717) is 0 Å². The molecule has 0 bridgehead atoms. The van der Waals surface area contributed by atoms with Crippen LogP contribution in [0, 0.1) is 0 Å². The van der Waals surface area contributed by atoms with Gasteiger partial charge in [-0.2, -0.15) is 13.2 Å². The number of halogens is 3. The molecule has 0 spiro atoms. The van der Waals surface area contributed by atoms with Crippen molar-refractivity contribution in [2.45, 2.75) is 6.18 Å². The van der Waals surface area contributed by atoms with Crippen LogP contribution in [0.3, 0.4) is 0 Å². The Balaban J connectivity index is 2.31. The van der Waals surface area contributed by atoms with Gasteiger partial charge in [-0.25, -0.2) is 0 Å². The summed E-state index contributed by atoms with van der Waals surface area (Å²) >= 11 is 0. The first-order chi connectivity index (χ1) is 8.89. The van der Waals surface area contributed by atoms with Gasteiger partial charge < -0.3 is 10.2 Å². The van der Waals surface area contributed by atoms with Crippen LogP contribution in [0.25, 0.3) is 0 Å². The van der Waals surface area contributed by atoms with Crippen LogP contribution in [0.4, 0.5) is 13.2 Å². The summed E-state index contributed by atoms with van der Waals surface area (Å²) in [5.74, 6) is -1.15. The molecular weight excluding hydrogens is 261 g/mol. The molecule has 1 aromatic rings. The summed E-state index contributed by atoms with van der Waals surface area (Å²) in [6.07, 6.45) is -4.59. The van der Waals surface area contributed by atoms with Gasteiger partial charge in [0.25, 0.3) is 5.91 Å². The number of carbonyl (C=O) groups excluding carboxylic acids is 2. The Labute approximate surface area is 107 Å². The van der Waals surface area contributed by atoms with E-state index in [1.54, 1.807) is 0 Å². The first kappa shape index (κ1) is 13.4. The summed E-state index contributed by atoms with van der Waals surface area (Å²) in [7, 11) is 0. The zero-order valence-electron chi connectivity index (χ0n) is 9.83. The third-order valence-electron chi connectivity index (χ3n) is 2.79. The molecular formula is C12H11F3N2O2. The molecule has 0 radical (unpaired) electrons. The average molecular weight is 272 g/mol. The lowest BCUT2D eigenvalue weighted by Gasteiger charge is -2.27. The fourth-order valence-electron chi connectivity index (χ4n) is 1.90. The number of nitrogens with zero attached hydrogens (tertiary/aromatic N) is 1. The van der Waals surface area contributed by atoms with Crippen LogP contribution < -0.4 is 5.32 Å². The van der Waals surface area contributed by atoms with Crippen LogP contribution in [-0.4, -0.2) is 36.3 Å². The van der Waals surface area contributed by atoms with Gasteiger partial charge in [-0.15, -0.1) is 0 Å². The number of carbonyl (C=O) groups is 2. The lowest BCUT2D eigenvalue weighted by atomic mass is 10.1. The molecule has 1 N–H and O–H groups in total. The zero-order valence-corrected chi connectivity index (χ0v) is 9.83. The van der Waals surface area contributed by atoms with Crippen LogP contribution >= 0.6 is 0 Å². The molecule has 1 aromatic carbocycles. The van der Waals surface area contributed by atoms with Gasteiger partial charge in [0.15, 0.2) is 0 Å². The van der Waals surface area contributed by atoms with Crippen LogP contribution in [0.5, 0.6) is 0 Å². The summed E-state index contributed by atoms with van der Waals surface area (Å²) in [6.45, 7) is 0.237. The van der Waals surface area contributed by atoms with E-state index >= 15 is 0 Å². The van der Waals surface area contributed by atoms with Crippen molar-refractivity contribution in [3.8, 4) is 0 Å². The molecule has 0 aliphatic carbocycles. The van der Waals surface area contributed by atoms with Gasteiger partial charge in [0.1, 0.15) is 0 Å². The second-order valence-corrected chi connectivity index (χ2v) is 4.12. The number of nitrogens with one attached hydrogen (secondary N) is 1. The molecule has 1 saturated heterocycles. The fourth-order valence-corrected chi connectivity index (χ4v) is 1.90. The summed E-state index contributed by atoms with van der Waals surface area (Å²) in [4.78, 5) is 24.3. The van der Waals surface area contributed by atoms with E-state index in [9.17, 15) is 22.8 Å². The van der Waals surface area contributed by atoms with E-state index in [4.69, 9.17) is 0 Å². The molecule has 0 saturated carbocycles. The highest BCUT2D eigenvalue weighted by atomic mass is 19.4. The highest BCUT2D eigenvalue weighted by Gasteiger charge is 2.36. The summed E-state index contributed by atoms with van der Waals surface area (Å²) in [6, 6.07) is 4.57. The highest BCUT2D eigenvalue weighted by molar-refractivity contribution is 5.98. The molecule has 7 heteroatoms. The van der Waals surface area contributed by atoms with Crippen LogP contribution in [0.15, 0.2) is 24.3 Å². The molecule has 4 nitrogen and oxygen atoms in total. The van der Waals surface area contributed by atoms with Gasteiger partial charge in [-0.3, -0.25) is 9.59 Å². The summed E-state index contributed by atoms with van der Waals surface area (Å²) in [5, 5.41) is 2.51. The maximum Gasteiger partial charge on any atom is 0.417 e. The van der Waals surface area contributed by atoms with Gasteiger partial charge in [0, 0.05) is 13.1 Å². The van der Waals surface area contributed by atoms with E-state index in [2.05, 4.69) is 5.32 Å². The molecule has 1 heterocycles. The minimum absolute atomic E-state index is 0.205. The summed E-state index contributed by atoms with van der Waals surface area (Å²) in [5.41, 5.74) is -1.41. The van der Waals surface area contributed by atoms with Crippen LogP contribution in [0.2, 0.25) is 0 Å². The number of alkyl halides is 3. The lowest BCUT2D eigenvalue weighted by Crippen LogP contribution is -2.50. The van der Waals surface area contributed by atoms with Crippen LogP contribution in [0.1, 0.15) is 15.9 Å². The van der Waals surface area contributed by atoms with Gasteiger partial charge in [0.2, 0.25) is 5.91 Å². The van der Waals surface area contributed by atoms with Crippen molar-refractivity contribution < 1.29 is 22.8 Å². The van der Waals surface area contributed by atoms with Crippen molar-refractivity contribution in [3.05, 3.63) is 35.4 Å². The Morgan fingerprint density at radius 3 is 2.58 bits per heavy atom. The largest absolute Gasteiger partial charge is 0.417 e. The normalized spacial score (nSPS) is 16.2. The van der Waals surface area contributed by atoms with E-state index in [-0.39, 0.29) is 25.5 Å². The second-order valence-electron chi connectivity index (χ2n) is 4.12. The summed E-state index contributed by atoms with van der Waals surface area (Å²) < 4.78 is 38.4. The van der Waals surface area contributed by atoms with Crippen LogP contribution in [-0.2, 0) is 11.0 Å². The smallest absolute Gasteiger partial charge is 0.353 e. The molecule has 102 valence electrons. The van der Waals surface area contributed by atoms with Crippen molar-refractivity contribution >= 4 is 11.8 Å². The van der Waals surface area contributed by atoms with Gasteiger partial charge in [-0.05, 0) is 12.1 Å². The minimum Gasteiger partial charge on any atom is -0.353 e. The van der Waals surface area contributed by atoms with Crippen molar-refractivity contribution in [2.24, 2.45) is 0 Å². The van der Waals surface area contributed by atoms with Gasteiger partial charge in [-0.1, -0.05) is 12.1 Å². The fraction of sp³-hybridized carbons (Fsp3) is 0.333. The number of rotatable bonds is 1. The Morgan fingerprint density at radius 2 is 1.95 bits per heavy atom. The first-order valence-corrected chi connectivity index (χ1v) is 5.62. The maximum absolute atomic E-state index is 12.8. The molecule has 0 atom stereocenters. The third kappa shape index (κ3) is 2.86. The molecule has 0 aromatic heterocycles. The molecule has 0 unspecified atom stereocenters. The second kappa shape index (κ2) is 4.91. The maximum atomic E-state index is 12.8. The van der Waals surface area contributed by atoms with E-state index in [0.717, 1.165) is 17.0 Å². The van der Waals surface area contributed by atoms with E-state index in [1.807, 2.05) is 0 Å². The SMILES string of the molecule is O=C1CN(C(=O)c2ccccc2C(F)(F)F)CCN1. The highest BCUT2D eigenvalue weighted by Crippen LogP contribution is 2.32. The topological polar surface area (TPSA) is 49.4 Å². The van der Waals surface area contributed by atoms with Crippen molar-refractivity contribution in [3.63, 3.8) is 0 Å².